The molecule has 1 N–H and O–H groups in total. The zero-order valence-electron chi connectivity index (χ0n) is 14.6. The number of rotatable bonds is 4. The minimum atomic E-state index is -0.455. The number of nitrogens with one attached hydrogen (secondary N) is 1. The van der Waals surface area contributed by atoms with Crippen molar-refractivity contribution in [1.29, 1.82) is 0 Å². The van der Waals surface area contributed by atoms with Crippen LogP contribution in [-0.2, 0) is 4.79 Å². The molecule has 2 amide bonds. The Balaban J connectivity index is 1.43. The standard InChI is InChI=1S/C21H18N2O4/c24-17-11-19(27-18-9-5-4-8-16(17)18)21(26)22-12-14-10-20(25)23(13-14)15-6-2-1-3-7-15/h1-9,11,14H,10,12-13H2,(H,22,26). The monoisotopic (exact) mass is 362 g/mol. The molecule has 1 unspecified atom stereocenters. The quantitative estimate of drug-likeness (QED) is 0.774. The smallest absolute Gasteiger partial charge is 0.287 e. The molecule has 136 valence electrons. The highest BCUT2D eigenvalue weighted by molar-refractivity contribution is 5.96. The molecule has 1 saturated heterocycles. The van der Waals surface area contributed by atoms with Crippen molar-refractivity contribution in [2.45, 2.75) is 6.42 Å². The zero-order chi connectivity index (χ0) is 18.8. The second-order valence-electron chi connectivity index (χ2n) is 6.59. The third-order valence-corrected chi connectivity index (χ3v) is 4.68. The van der Waals surface area contributed by atoms with E-state index in [0.29, 0.717) is 30.5 Å². The maximum absolute atomic E-state index is 12.4. The number of amides is 2. The fourth-order valence-electron chi connectivity index (χ4n) is 3.32. The second kappa shape index (κ2) is 7.07. The Morgan fingerprint density at radius 2 is 1.81 bits per heavy atom. The SMILES string of the molecule is O=C(NCC1CC(=O)N(c2ccccc2)C1)c1cc(=O)c2ccccc2o1. The number of hydrogen-bond acceptors (Lipinski definition) is 4. The highest BCUT2D eigenvalue weighted by atomic mass is 16.3. The summed E-state index contributed by atoms with van der Waals surface area (Å²) in [6.07, 6.45) is 0.372. The minimum absolute atomic E-state index is 0.00818. The molecular weight excluding hydrogens is 344 g/mol. The van der Waals surface area contributed by atoms with Crippen LogP contribution < -0.4 is 15.6 Å². The van der Waals surface area contributed by atoms with Gasteiger partial charge in [-0.3, -0.25) is 14.4 Å². The first kappa shape index (κ1) is 17.0. The van der Waals surface area contributed by atoms with Crippen molar-refractivity contribution in [1.82, 2.24) is 5.32 Å². The Kier molecular flexibility index (Phi) is 4.46. The molecule has 6 heteroatoms. The van der Waals surface area contributed by atoms with Gasteiger partial charge in [0.05, 0.1) is 5.39 Å². The molecule has 0 spiro atoms. The van der Waals surface area contributed by atoms with E-state index in [1.165, 1.54) is 6.07 Å². The van der Waals surface area contributed by atoms with Crippen molar-refractivity contribution in [2.24, 2.45) is 5.92 Å². The van der Waals surface area contributed by atoms with E-state index in [1.54, 1.807) is 29.2 Å². The van der Waals surface area contributed by atoms with Gasteiger partial charge in [0.15, 0.2) is 11.2 Å². The fraction of sp³-hybridized carbons (Fsp3) is 0.190. The molecule has 0 bridgehead atoms. The predicted molar refractivity (Wildman–Crippen MR) is 102 cm³/mol. The van der Waals surface area contributed by atoms with Crippen LogP contribution in [0.2, 0.25) is 0 Å². The van der Waals surface area contributed by atoms with Crippen LogP contribution in [0, 0.1) is 5.92 Å². The van der Waals surface area contributed by atoms with E-state index in [9.17, 15) is 14.4 Å². The van der Waals surface area contributed by atoms with Gasteiger partial charge in [-0.05, 0) is 24.3 Å². The van der Waals surface area contributed by atoms with Crippen LogP contribution in [-0.4, -0.2) is 24.9 Å². The molecule has 4 rings (SSSR count). The number of anilines is 1. The van der Waals surface area contributed by atoms with Crippen molar-refractivity contribution >= 4 is 28.5 Å². The minimum Gasteiger partial charge on any atom is -0.451 e. The predicted octanol–water partition coefficient (Wildman–Crippen LogP) is 2.58. The third-order valence-electron chi connectivity index (χ3n) is 4.68. The third kappa shape index (κ3) is 3.46. The topological polar surface area (TPSA) is 79.6 Å². The highest BCUT2D eigenvalue weighted by Gasteiger charge is 2.30. The van der Waals surface area contributed by atoms with Crippen LogP contribution in [0.5, 0.6) is 0 Å². The highest BCUT2D eigenvalue weighted by Crippen LogP contribution is 2.24. The van der Waals surface area contributed by atoms with Gasteiger partial charge in [0.1, 0.15) is 5.58 Å². The first-order valence-electron chi connectivity index (χ1n) is 8.78. The van der Waals surface area contributed by atoms with Crippen LogP contribution in [0.3, 0.4) is 0 Å². The number of carbonyl (C=O) groups excluding carboxylic acids is 2. The van der Waals surface area contributed by atoms with Gasteiger partial charge in [0, 0.05) is 37.2 Å². The van der Waals surface area contributed by atoms with E-state index in [1.807, 2.05) is 30.3 Å². The lowest BCUT2D eigenvalue weighted by Crippen LogP contribution is -2.31. The van der Waals surface area contributed by atoms with Gasteiger partial charge >= 0.3 is 0 Å². The van der Waals surface area contributed by atoms with Crippen molar-refractivity contribution in [3.8, 4) is 0 Å². The lowest BCUT2D eigenvalue weighted by Gasteiger charge is -2.16. The molecule has 0 aliphatic carbocycles. The lowest BCUT2D eigenvalue weighted by atomic mass is 10.1. The summed E-state index contributed by atoms with van der Waals surface area (Å²) < 4.78 is 5.54. The molecule has 1 aliphatic heterocycles. The number of benzene rings is 2. The summed E-state index contributed by atoms with van der Waals surface area (Å²) in [5.41, 5.74) is 0.978. The van der Waals surface area contributed by atoms with Crippen molar-refractivity contribution in [3.63, 3.8) is 0 Å². The Labute approximate surface area is 155 Å². The van der Waals surface area contributed by atoms with Gasteiger partial charge in [0.25, 0.3) is 5.91 Å². The molecule has 2 heterocycles. The summed E-state index contributed by atoms with van der Waals surface area (Å²) in [5.74, 6) is -0.432. The molecule has 0 saturated carbocycles. The van der Waals surface area contributed by atoms with Crippen LogP contribution in [0.1, 0.15) is 17.0 Å². The van der Waals surface area contributed by atoms with Crippen LogP contribution in [0.15, 0.2) is 69.9 Å². The Bertz CT molecular complexity index is 1060. The number of nitrogens with zero attached hydrogens (tertiary/aromatic N) is 1. The molecule has 27 heavy (non-hydrogen) atoms. The number of para-hydroxylation sites is 2. The molecular formula is C21H18N2O4. The number of carbonyl (C=O) groups is 2. The summed E-state index contributed by atoms with van der Waals surface area (Å²) in [6.45, 7) is 0.884. The van der Waals surface area contributed by atoms with E-state index in [2.05, 4.69) is 5.32 Å². The average Bonchev–Trinajstić information content (AvgIpc) is 3.07. The molecule has 2 aromatic carbocycles. The van der Waals surface area contributed by atoms with Crippen LogP contribution >= 0.6 is 0 Å². The molecule has 1 fully saturated rings. The van der Waals surface area contributed by atoms with Gasteiger partial charge in [0.2, 0.25) is 5.91 Å². The van der Waals surface area contributed by atoms with E-state index >= 15 is 0 Å². The van der Waals surface area contributed by atoms with E-state index < -0.39 is 5.91 Å². The van der Waals surface area contributed by atoms with Crippen molar-refractivity contribution < 1.29 is 14.0 Å². The normalized spacial score (nSPS) is 16.7. The van der Waals surface area contributed by atoms with Crippen molar-refractivity contribution in [2.75, 3.05) is 18.0 Å². The van der Waals surface area contributed by atoms with Gasteiger partial charge in [-0.25, -0.2) is 0 Å². The number of fused-ring (bicyclic) bond motifs is 1. The van der Waals surface area contributed by atoms with Gasteiger partial charge in [-0.2, -0.15) is 0 Å². The van der Waals surface area contributed by atoms with Crippen LogP contribution in [0.25, 0.3) is 11.0 Å². The summed E-state index contributed by atoms with van der Waals surface area (Å²) >= 11 is 0. The molecule has 1 aromatic heterocycles. The maximum Gasteiger partial charge on any atom is 0.287 e. The van der Waals surface area contributed by atoms with Crippen LogP contribution in [0.4, 0.5) is 5.69 Å². The lowest BCUT2D eigenvalue weighted by molar-refractivity contribution is -0.117. The first-order valence-corrected chi connectivity index (χ1v) is 8.78. The molecule has 1 atom stereocenters. The molecule has 6 nitrogen and oxygen atoms in total. The second-order valence-corrected chi connectivity index (χ2v) is 6.59. The summed E-state index contributed by atoms with van der Waals surface area (Å²) in [4.78, 5) is 38.5. The van der Waals surface area contributed by atoms with E-state index in [-0.39, 0.29) is 23.0 Å². The molecule has 3 aromatic rings. The Morgan fingerprint density at radius 3 is 2.63 bits per heavy atom. The summed E-state index contributed by atoms with van der Waals surface area (Å²) in [7, 11) is 0. The Morgan fingerprint density at radius 1 is 1.07 bits per heavy atom. The number of hydrogen-bond donors (Lipinski definition) is 1. The Hall–Kier alpha value is -3.41. The van der Waals surface area contributed by atoms with Gasteiger partial charge in [-0.15, -0.1) is 0 Å². The van der Waals surface area contributed by atoms with Gasteiger partial charge in [-0.1, -0.05) is 30.3 Å². The van der Waals surface area contributed by atoms with E-state index in [4.69, 9.17) is 4.42 Å². The largest absolute Gasteiger partial charge is 0.451 e. The first-order chi connectivity index (χ1) is 13.1. The summed E-state index contributed by atoms with van der Waals surface area (Å²) in [6, 6.07) is 17.5. The van der Waals surface area contributed by atoms with Gasteiger partial charge < -0.3 is 14.6 Å². The maximum atomic E-state index is 12.4. The zero-order valence-corrected chi connectivity index (χ0v) is 14.6. The molecule has 1 aliphatic rings. The van der Waals surface area contributed by atoms with E-state index in [0.717, 1.165) is 5.69 Å². The molecule has 0 radical (unpaired) electrons. The van der Waals surface area contributed by atoms with Crippen molar-refractivity contribution in [3.05, 3.63) is 76.6 Å². The fourth-order valence-corrected chi connectivity index (χ4v) is 3.32. The average molecular weight is 362 g/mol. The summed E-state index contributed by atoms with van der Waals surface area (Å²) in [5, 5.41) is 3.21.